The van der Waals surface area contributed by atoms with Gasteiger partial charge in [0.25, 0.3) is 0 Å². The van der Waals surface area contributed by atoms with E-state index in [1.54, 1.807) is 13.8 Å². The van der Waals surface area contributed by atoms with Crippen molar-refractivity contribution in [2.45, 2.75) is 32.2 Å². The van der Waals surface area contributed by atoms with Gasteiger partial charge in [-0.2, -0.15) is 0 Å². The lowest BCUT2D eigenvalue weighted by atomic mass is 9.99. The van der Waals surface area contributed by atoms with Crippen molar-refractivity contribution in [3.63, 3.8) is 0 Å². The number of hydrogen-bond donors (Lipinski definition) is 2. The molecule has 0 aliphatic rings. The summed E-state index contributed by atoms with van der Waals surface area (Å²) in [5.41, 5.74) is -1.02. The minimum Gasteiger partial charge on any atom is -0.394 e. The Morgan fingerprint density at radius 3 is 2.39 bits per heavy atom. The summed E-state index contributed by atoms with van der Waals surface area (Å²) in [5.74, 6) is -2.00. The minimum absolute atomic E-state index is 0.227. The molecule has 0 saturated heterocycles. The summed E-state index contributed by atoms with van der Waals surface area (Å²) in [6.45, 7) is 3.25. The molecule has 0 radical (unpaired) electrons. The molecule has 1 rings (SSSR count). The van der Waals surface area contributed by atoms with Crippen LogP contribution in [0.5, 0.6) is 0 Å². The Kier molecular flexibility index (Phi) is 4.78. The number of carbonyl (C=O) groups is 1. The summed E-state index contributed by atoms with van der Waals surface area (Å²) in [7, 11) is 0. The van der Waals surface area contributed by atoms with Gasteiger partial charge in [-0.1, -0.05) is 13.0 Å². The van der Waals surface area contributed by atoms with E-state index in [9.17, 15) is 13.6 Å². The maximum absolute atomic E-state index is 13.3. The van der Waals surface area contributed by atoms with Gasteiger partial charge in [0.2, 0.25) is 5.91 Å². The molecule has 1 atom stereocenters. The van der Waals surface area contributed by atoms with Crippen LogP contribution in [0.25, 0.3) is 0 Å². The number of amides is 1. The van der Waals surface area contributed by atoms with Gasteiger partial charge in [-0.05, 0) is 25.5 Å². The first-order valence-electron chi connectivity index (χ1n) is 5.76. The van der Waals surface area contributed by atoms with Crippen LogP contribution in [0, 0.1) is 11.6 Å². The van der Waals surface area contributed by atoms with Gasteiger partial charge in [-0.3, -0.25) is 4.79 Å². The van der Waals surface area contributed by atoms with Crippen molar-refractivity contribution >= 4 is 5.91 Å². The lowest BCUT2D eigenvalue weighted by Gasteiger charge is -2.27. The van der Waals surface area contributed by atoms with Crippen molar-refractivity contribution in [3.8, 4) is 0 Å². The van der Waals surface area contributed by atoms with Gasteiger partial charge in [0.15, 0.2) is 0 Å². The third kappa shape index (κ3) is 3.50. The van der Waals surface area contributed by atoms with Crippen LogP contribution in [-0.2, 0) is 11.2 Å². The summed E-state index contributed by atoms with van der Waals surface area (Å²) in [5, 5.41) is 11.7. The Labute approximate surface area is 105 Å². The maximum Gasteiger partial charge on any atom is 0.225 e. The highest BCUT2D eigenvalue weighted by atomic mass is 19.1. The molecule has 0 heterocycles. The van der Waals surface area contributed by atoms with E-state index in [1.165, 1.54) is 6.07 Å². The number of nitrogens with one attached hydrogen (secondary N) is 1. The molecule has 1 unspecified atom stereocenters. The molecule has 0 bridgehead atoms. The zero-order valence-electron chi connectivity index (χ0n) is 10.5. The second-order valence-corrected chi connectivity index (χ2v) is 4.50. The third-order valence-corrected chi connectivity index (χ3v) is 2.97. The molecular weight excluding hydrogens is 240 g/mol. The monoisotopic (exact) mass is 257 g/mol. The van der Waals surface area contributed by atoms with Crippen LogP contribution < -0.4 is 5.32 Å². The lowest BCUT2D eigenvalue weighted by molar-refractivity contribution is -0.122. The number of rotatable bonds is 5. The Morgan fingerprint density at radius 1 is 1.39 bits per heavy atom. The predicted molar refractivity (Wildman–Crippen MR) is 64.0 cm³/mol. The second kappa shape index (κ2) is 5.91. The van der Waals surface area contributed by atoms with E-state index in [2.05, 4.69) is 5.32 Å². The van der Waals surface area contributed by atoms with Crippen LogP contribution in [0.4, 0.5) is 8.78 Å². The molecule has 1 aromatic rings. The quantitative estimate of drug-likeness (QED) is 0.844. The number of hydrogen-bond acceptors (Lipinski definition) is 2. The third-order valence-electron chi connectivity index (χ3n) is 2.97. The predicted octanol–water partition coefficient (Wildman–Crippen LogP) is 1.78. The van der Waals surface area contributed by atoms with Crippen LogP contribution in [0.1, 0.15) is 25.8 Å². The zero-order chi connectivity index (χ0) is 13.8. The Hall–Kier alpha value is -1.49. The molecule has 3 nitrogen and oxygen atoms in total. The highest BCUT2D eigenvalue weighted by Crippen LogP contribution is 2.14. The Balaban J connectivity index is 2.77. The number of halogens is 2. The van der Waals surface area contributed by atoms with E-state index >= 15 is 0 Å². The van der Waals surface area contributed by atoms with E-state index in [1.807, 2.05) is 0 Å². The second-order valence-electron chi connectivity index (χ2n) is 4.50. The van der Waals surface area contributed by atoms with Crippen LogP contribution in [0.2, 0.25) is 0 Å². The highest BCUT2D eigenvalue weighted by Gasteiger charge is 2.24. The standard InChI is InChI=1S/C13H17F2NO2/c1-3-13(2,8-17)16-12(18)7-9-10(14)5-4-6-11(9)15/h4-6,17H,3,7-8H2,1-2H3,(H,16,18). The van der Waals surface area contributed by atoms with Crippen LogP contribution in [-0.4, -0.2) is 23.2 Å². The van der Waals surface area contributed by atoms with Crippen LogP contribution in [0.15, 0.2) is 18.2 Å². The average molecular weight is 257 g/mol. The van der Waals surface area contributed by atoms with E-state index < -0.39 is 23.1 Å². The molecule has 1 aromatic carbocycles. The van der Waals surface area contributed by atoms with Gasteiger partial charge in [-0.25, -0.2) is 8.78 Å². The van der Waals surface area contributed by atoms with Gasteiger partial charge in [0, 0.05) is 5.56 Å². The Bertz CT molecular complexity index is 411. The molecule has 5 heteroatoms. The first kappa shape index (κ1) is 14.6. The highest BCUT2D eigenvalue weighted by molar-refractivity contribution is 5.79. The van der Waals surface area contributed by atoms with Crippen molar-refractivity contribution in [2.24, 2.45) is 0 Å². The zero-order valence-corrected chi connectivity index (χ0v) is 10.5. The fourth-order valence-corrected chi connectivity index (χ4v) is 1.48. The largest absolute Gasteiger partial charge is 0.394 e. The summed E-state index contributed by atoms with van der Waals surface area (Å²) in [6, 6.07) is 3.46. The molecule has 1 amide bonds. The molecule has 0 saturated carbocycles. The van der Waals surface area contributed by atoms with Gasteiger partial charge in [0.05, 0.1) is 18.6 Å². The molecule has 0 aliphatic carbocycles. The first-order chi connectivity index (χ1) is 8.41. The molecule has 2 N–H and O–H groups in total. The van der Waals surface area contributed by atoms with Crippen molar-refractivity contribution in [1.29, 1.82) is 0 Å². The summed E-state index contributed by atoms with van der Waals surface area (Å²) in [4.78, 5) is 11.7. The smallest absolute Gasteiger partial charge is 0.225 e. The Morgan fingerprint density at radius 2 is 1.94 bits per heavy atom. The van der Waals surface area contributed by atoms with Gasteiger partial charge < -0.3 is 10.4 Å². The van der Waals surface area contributed by atoms with E-state index in [0.717, 1.165) is 12.1 Å². The summed E-state index contributed by atoms with van der Waals surface area (Å²) in [6.07, 6.45) is 0.142. The summed E-state index contributed by atoms with van der Waals surface area (Å²) >= 11 is 0. The van der Waals surface area contributed by atoms with Crippen LogP contribution >= 0.6 is 0 Å². The number of carbonyl (C=O) groups excluding carboxylic acids is 1. The van der Waals surface area contributed by atoms with Crippen LogP contribution in [0.3, 0.4) is 0 Å². The molecule has 0 spiro atoms. The SMILES string of the molecule is CCC(C)(CO)NC(=O)Cc1c(F)cccc1F. The van der Waals surface area contributed by atoms with E-state index in [4.69, 9.17) is 5.11 Å². The molecule has 0 aromatic heterocycles. The number of aliphatic hydroxyl groups is 1. The number of aliphatic hydroxyl groups excluding tert-OH is 1. The molecular formula is C13H17F2NO2. The normalized spacial score (nSPS) is 14.1. The molecule has 100 valence electrons. The fourth-order valence-electron chi connectivity index (χ4n) is 1.48. The molecule has 0 aliphatic heterocycles. The van der Waals surface area contributed by atoms with Gasteiger partial charge >= 0.3 is 0 Å². The maximum atomic E-state index is 13.3. The summed E-state index contributed by atoms with van der Waals surface area (Å²) < 4.78 is 26.7. The van der Waals surface area contributed by atoms with Crippen molar-refractivity contribution in [3.05, 3.63) is 35.4 Å². The van der Waals surface area contributed by atoms with Crippen molar-refractivity contribution in [1.82, 2.24) is 5.32 Å². The van der Waals surface area contributed by atoms with E-state index in [0.29, 0.717) is 6.42 Å². The van der Waals surface area contributed by atoms with Crippen molar-refractivity contribution < 1.29 is 18.7 Å². The molecule has 0 fully saturated rings. The molecule has 18 heavy (non-hydrogen) atoms. The first-order valence-corrected chi connectivity index (χ1v) is 5.76. The topological polar surface area (TPSA) is 49.3 Å². The van der Waals surface area contributed by atoms with Gasteiger partial charge in [0.1, 0.15) is 11.6 Å². The van der Waals surface area contributed by atoms with Crippen molar-refractivity contribution in [2.75, 3.05) is 6.61 Å². The average Bonchev–Trinajstić information content (AvgIpc) is 2.34. The lowest BCUT2D eigenvalue weighted by Crippen LogP contribution is -2.49. The number of benzene rings is 1. The minimum atomic E-state index is -0.765. The van der Waals surface area contributed by atoms with Gasteiger partial charge in [-0.15, -0.1) is 0 Å². The fraction of sp³-hybridized carbons (Fsp3) is 0.462. The van der Waals surface area contributed by atoms with E-state index in [-0.39, 0.29) is 18.6 Å².